The van der Waals surface area contributed by atoms with Crippen molar-refractivity contribution in [3.8, 4) is 6.07 Å². The lowest BCUT2D eigenvalue weighted by molar-refractivity contribution is 0.204. The lowest BCUT2D eigenvalue weighted by Crippen LogP contribution is -2.34. The molecule has 1 saturated heterocycles. The van der Waals surface area contributed by atoms with E-state index in [1.54, 1.807) is 0 Å². The molecule has 0 radical (unpaired) electrons. The molecular formula is C10H16N2. The Labute approximate surface area is 74.2 Å². The van der Waals surface area contributed by atoms with Gasteiger partial charge in [0.2, 0.25) is 0 Å². The van der Waals surface area contributed by atoms with Crippen molar-refractivity contribution >= 4 is 0 Å². The summed E-state index contributed by atoms with van der Waals surface area (Å²) in [6.07, 6.45) is 6.33. The van der Waals surface area contributed by atoms with Gasteiger partial charge in [-0.2, -0.15) is 5.26 Å². The molecule has 2 fully saturated rings. The molecule has 2 aliphatic rings. The van der Waals surface area contributed by atoms with E-state index in [0.717, 1.165) is 19.4 Å². The second-order valence-electron chi connectivity index (χ2n) is 4.23. The Morgan fingerprint density at radius 3 is 2.33 bits per heavy atom. The van der Waals surface area contributed by atoms with Crippen molar-refractivity contribution in [3.63, 3.8) is 0 Å². The van der Waals surface area contributed by atoms with E-state index in [1.807, 2.05) is 0 Å². The predicted molar refractivity (Wildman–Crippen MR) is 47.6 cm³/mol. The number of nitriles is 1. The first-order valence-electron chi connectivity index (χ1n) is 4.98. The highest BCUT2D eigenvalue weighted by molar-refractivity contribution is 5.11. The minimum atomic E-state index is 0.0807. The van der Waals surface area contributed by atoms with E-state index >= 15 is 0 Å². The molecule has 0 amide bonds. The van der Waals surface area contributed by atoms with Crippen LogP contribution in [0.3, 0.4) is 0 Å². The molecule has 1 aliphatic carbocycles. The maximum atomic E-state index is 8.91. The Morgan fingerprint density at radius 2 is 1.83 bits per heavy atom. The molecule has 0 aromatic heterocycles. The molecule has 2 nitrogen and oxygen atoms in total. The minimum Gasteiger partial charge on any atom is -0.302 e. The zero-order valence-corrected chi connectivity index (χ0v) is 7.55. The van der Waals surface area contributed by atoms with Gasteiger partial charge < -0.3 is 4.90 Å². The normalized spacial score (nSPS) is 27.9. The molecule has 0 unspecified atom stereocenters. The number of likely N-dealkylation sites (tertiary alicyclic amines) is 1. The quantitative estimate of drug-likeness (QED) is 0.622. The molecule has 12 heavy (non-hydrogen) atoms. The second-order valence-corrected chi connectivity index (χ2v) is 4.23. The maximum absolute atomic E-state index is 8.91. The summed E-state index contributed by atoms with van der Waals surface area (Å²) in [6.45, 7) is 3.50. The topological polar surface area (TPSA) is 27.0 Å². The van der Waals surface area contributed by atoms with Gasteiger partial charge in [0.05, 0.1) is 11.5 Å². The molecule has 2 rings (SSSR count). The van der Waals surface area contributed by atoms with E-state index in [2.05, 4.69) is 11.0 Å². The largest absolute Gasteiger partial charge is 0.302 e. The summed E-state index contributed by atoms with van der Waals surface area (Å²) in [5.41, 5.74) is 0.0807. The zero-order chi connectivity index (χ0) is 8.44. The third-order valence-corrected chi connectivity index (χ3v) is 3.07. The summed E-state index contributed by atoms with van der Waals surface area (Å²) >= 11 is 0. The van der Waals surface area contributed by atoms with Crippen molar-refractivity contribution < 1.29 is 0 Å². The Kier molecular flexibility index (Phi) is 2.06. The summed E-state index contributed by atoms with van der Waals surface area (Å²) < 4.78 is 0. The van der Waals surface area contributed by atoms with Crippen molar-refractivity contribution in [1.29, 1.82) is 5.26 Å². The van der Waals surface area contributed by atoms with Crippen LogP contribution in [-0.2, 0) is 0 Å². The van der Waals surface area contributed by atoms with Gasteiger partial charge in [0.15, 0.2) is 0 Å². The number of hydrogen-bond donors (Lipinski definition) is 0. The molecule has 0 N–H and O–H groups in total. The van der Waals surface area contributed by atoms with E-state index in [-0.39, 0.29) is 5.41 Å². The van der Waals surface area contributed by atoms with Crippen LogP contribution in [0.5, 0.6) is 0 Å². The molecule has 1 aliphatic heterocycles. The van der Waals surface area contributed by atoms with Gasteiger partial charge in [-0.1, -0.05) is 6.42 Å². The third-order valence-electron chi connectivity index (χ3n) is 3.07. The molecule has 66 valence electrons. The minimum absolute atomic E-state index is 0.0807. The molecule has 0 bridgehead atoms. The van der Waals surface area contributed by atoms with Gasteiger partial charge in [0.25, 0.3) is 0 Å². The van der Waals surface area contributed by atoms with Crippen molar-refractivity contribution in [3.05, 3.63) is 0 Å². The van der Waals surface area contributed by atoms with Crippen LogP contribution in [0.4, 0.5) is 0 Å². The first kappa shape index (κ1) is 8.07. The Balaban J connectivity index is 1.82. The second kappa shape index (κ2) is 3.06. The van der Waals surface area contributed by atoms with Gasteiger partial charge in [-0.25, -0.2) is 0 Å². The van der Waals surface area contributed by atoms with Gasteiger partial charge in [-0.3, -0.25) is 0 Å². The van der Waals surface area contributed by atoms with E-state index in [0.29, 0.717) is 0 Å². The Morgan fingerprint density at radius 1 is 1.17 bits per heavy atom. The van der Waals surface area contributed by atoms with Gasteiger partial charge in [0, 0.05) is 6.54 Å². The zero-order valence-electron chi connectivity index (χ0n) is 7.55. The maximum Gasteiger partial charge on any atom is 0.0703 e. The number of rotatable bonds is 2. The first-order chi connectivity index (χ1) is 5.85. The average molecular weight is 164 g/mol. The van der Waals surface area contributed by atoms with Crippen molar-refractivity contribution in [2.24, 2.45) is 5.41 Å². The molecule has 1 heterocycles. The summed E-state index contributed by atoms with van der Waals surface area (Å²) in [4.78, 5) is 2.47. The lowest BCUT2D eigenvalue weighted by Gasteiger charge is -2.27. The fraction of sp³-hybridized carbons (Fsp3) is 0.900. The molecular weight excluding hydrogens is 148 g/mol. The highest BCUT2D eigenvalue weighted by atomic mass is 15.1. The van der Waals surface area contributed by atoms with Crippen LogP contribution in [-0.4, -0.2) is 24.5 Å². The molecule has 2 heteroatoms. The fourth-order valence-electron chi connectivity index (χ4n) is 2.00. The van der Waals surface area contributed by atoms with Crippen molar-refractivity contribution in [1.82, 2.24) is 4.90 Å². The molecule has 0 spiro atoms. The van der Waals surface area contributed by atoms with Crippen molar-refractivity contribution in [2.45, 2.75) is 32.1 Å². The molecule has 1 saturated carbocycles. The summed E-state index contributed by atoms with van der Waals surface area (Å²) in [5.74, 6) is 0. The van der Waals surface area contributed by atoms with E-state index in [9.17, 15) is 0 Å². The first-order valence-corrected chi connectivity index (χ1v) is 4.98. The van der Waals surface area contributed by atoms with Crippen LogP contribution in [0.2, 0.25) is 0 Å². The van der Waals surface area contributed by atoms with Crippen molar-refractivity contribution in [2.75, 3.05) is 19.6 Å². The van der Waals surface area contributed by atoms with E-state index < -0.39 is 0 Å². The molecule has 0 aromatic carbocycles. The molecule has 0 aromatic rings. The predicted octanol–water partition coefficient (Wildman–Crippen LogP) is 1.78. The third kappa shape index (κ3) is 1.61. The SMILES string of the molecule is N#CC1(CN2CCCCC2)CC1. The lowest BCUT2D eigenvalue weighted by atomic mass is 10.1. The Hall–Kier alpha value is -0.550. The number of nitrogens with zero attached hydrogens (tertiary/aromatic N) is 2. The van der Waals surface area contributed by atoms with Gasteiger partial charge in [-0.15, -0.1) is 0 Å². The smallest absolute Gasteiger partial charge is 0.0703 e. The van der Waals surface area contributed by atoms with Crippen LogP contribution in [0.25, 0.3) is 0 Å². The van der Waals surface area contributed by atoms with Gasteiger partial charge in [0.1, 0.15) is 0 Å². The fourth-order valence-corrected chi connectivity index (χ4v) is 2.00. The van der Waals surface area contributed by atoms with E-state index in [4.69, 9.17) is 5.26 Å². The van der Waals surface area contributed by atoms with Crippen LogP contribution < -0.4 is 0 Å². The van der Waals surface area contributed by atoms with Crippen LogP contribution >= 0.6 is 0 Å². The Bertz CT molecular complexity index is 194. The van der Waals surface area contributed by atoms with E-state index in [1.165, 1.54) is 32.4 Å². The standard InChI is InChI=1S/C10H16N2/c11-8-10(4-5-10)9-12-6-2-1-3-7-12/h1-7,9H2. The summed E-state index contributed by atoms with van der Waals surface area (Å²) in [7, 11) is 0. The van der Waals surface area contributed by atoms with Crippen LogP contribution in [0.15, 0.2) is 0 Å². The van der Waals surface area contributed by atoms with Crippen LogP contribution in [0.1, 0.15) is 32.1 Å². The number of piperidine rings is 1. The highest BCUT2D eigenvalue weighted by Gasteiger charge is 2.44. The summed E-state index contributed by atoms with van der Waals surface area (Å²) in [6, 6.07) is 2.46. The van der Waals surface area contributed by atoms with Gasteiger partial charge in [-0.05, 0) is 38.8 Å². The number of hydrogen-bond acceptors (Lipinski definition) is 2. The molecule has 0 atom stereocenters. The highest BCUT2D eigenvalue weighted by Crippen LogP contribution is 2.45. The van der Waals surface area contributed by atoms with Crippen LogP contribution in [0, 0.1) is 16.7 Å². The van der Waals surface area contributed by atoms with Gasteiger partial charge >= 0.3 is 0 Å². The summed E-state index contributed by atoms with van der Waals surface area (Å²) in [5, 5.41) is 8.91. The monoisotopic (exact) mass is 164 g/mol. The average Bonchev–Trinajstić information content (AvgIpc) is 2.88.